The number of amides is 1. The van der Waals surface area contributed by atoms with Gasteiger partial charge in [0.1, 0.15) is 0 Å². The highest BCUT2D eigenvalue weighted by molar-refractivity contribution is 7.99. The van der Waals surface area contributed by atoms with Crippen molar-refractivity contribution in [1.82, 2.24) is 20.6 Å². The Morgan fingerprint density at radius 3 is 2.80 bits per heavy atom. The number of thioether (sulfide) groups is 1. The van der Waals surface area contributed by atoms with Crippen LogP contribution in [0.3, 0.4) is 0 Å². The van der Waals surface area contributed by atoms with Crippen molar-refractivity contribution in [2.24, 2.45) is 0 Å². The maximum Gasteiger partial charge on any atom is 0.230 e. The number of hydrogen-bond acceptors (Lipinski definition) is 5. The molecule has 1 amide bonds. The Balaban J connectivity index is 1.82. The van der Waals surface area contributed by atoms with Gasteiger partial charge in [-0.15, -0.1) is 0 Å². The van der Waals surface area contributed by atoms with Crippen LogP contribution >= 0.6 is 11.8 Å². The highest BCUT2D eigenvalue weighted by Crippen LogP contribution is 2.14. The van der Waals surface area contributed by atoms with E-state index in [1.807, 2.05) is 19.9 Å². The van der Waals surface area contributed by atoms with Gasteiger partial charge >= 0.3 is 0 Å². The third-order valence-corrected chi connectivity index (χ3v) is 4.25. The third-order valence-electron chi connectivity index (χ3n) is 3.40. The topological polar surface area (TPSA) is 66.9 Å². The molecule has 0 radical (unpaired) electrons. The number of nitrogens with zero attached hydrogens (tertiary/aromatic N) is 2. The molecule has 2 rings (SSSR count). The van der Waals surface area contributed by atoms with Gasteiger partial charge < -0.3 is 10.6 Å². The van der Waals surface area contributed by atoms with Crippen LogP contribution in [0.25, 0.3) is 0 Å². The van der Waals surface area contributed by atoms with Crippen molar-refractivity contribution in [1.29, 1.82) is 0 Å². The van der Waals surface area contributed by atoms with E-state index in [-0.39, 0.29) is 11.9 Å². The van der Waals surface area contributed by atoms with Gasteiger partial charge in [0.25, 0.3) is 0 Å². The third kappa shape index (κ3) is 4.45. The minimum atomic E-state index is 0.0540. The Labute approximate surface area is 124 Å². The Morgan fingerprint density at radius 2 is 2.15 bits per heavy atom. The molecule has 5 nitrogen and oxygen atoms in total. The highest BCUT2D eigenvalue weighted by Gasteiger charge is 2.22. The second-order valence-corrected chi connectivity index (χ2v) is 6.22. The number of carbonyl (C=O) groups excluding carboxylic acids is 1. The number of aryl methyl sites for hydroxylation is 2. The standard InChI is InChI=1S/C14H22N4OS/c1-9-7-10(2)17-14(16-9)20-8-13(19)18-12-5-4-6-15-11(12)3/h7,11-12,15H,4-6,8H2,1-3H3,(H,18,19). The van der Waals surface area contributed by atoms with Crippen LogP contribution in [-0.4, -0.2) is 40.3 Å². The fraction of sp³-hybridized carbons (Fsp3) is 0.643. The summed E-state index contributed by atoms with van der Waals surface area (Å²) in [6, 6.07) is 2.51. The number of piperidine rings is 1. The molecule has 2 N–H and O–H groups in total. The first-order valence-electron chi connectivity index (χ1n) is 7.02. The average molecular weight is 294 g/mol. The zero-order valence-electron chi connectivity index (χ0n) is 12.3. The van der Waals surface area contributed by atoms with Gasteiger partial charge in [-0.1, -0.05) is 11.8 Å². The van der Waals surface area contributed by atoms with E-state index in [9.17, 15) is 4.79 Å². The summed E-state index contributed by atoms with van der Waals surface area (Å²) in [5, 5.41) is 7.14. The second-order valence-electron chi connectivity index (χ2n) is 5.28. The smallest absolute Gasteiger partial charge is 0.230 e. The summed E-state index contributed by atoms with van der Waals surface area (Å²) in [5.74, 6) is 0.421. The molecule has 6 heteroatoms. The normalized spacial score (nSPS) is 22.6. The lowest BCUT2D eigenvalue weighted by Crippen LogP contribution is -2.52. The number of nitrogens with one attached hydrogen (secondary N) is 2. The van der Waals surface area contributed by atoms with Gasteiger partial charge in [0.2, 0.25) is 5.91 Å². The lowest BCUT2D eigenvalue weighted by Gasteiger charge is -2.30. The molecule has 0 aromatic carbocycles. The SMILES string of the molecule is Cc1cc(C)nc(SCC(=O)NC2CCCNC2C)n1. The highest BCUT2D eigenvalue weighted by atomic mass is 32.2. The molecule has 1 aliphatic heterocycles. The summed E-state index contributed by atoms with van der Waals surface area (Å²) >= 11 is 1.39. The monoisotopic (exact) mass is 294 g/mol. The lowest BCUT2D eigenvalue weighted by atomic mass is 10.00. The van der Waals surface area contributed by atoms with Crippen molar-refractivity contribution in [3.63, 3.8) is 0 Å². The summed E-state index contributed by atoms with van der Waals surface area (Å²) < 4.78 is 0. The predicted octanol–water partition coefficient (Wildman–Crippen LogP) is 1.44. The van der Waals surface area contributed by atoms with E-state index in [1.54, 1.807) is 0 Å². The molecule has 0 aliphatic carbocycles. The molecular formula is C14H22N4OS. The van der Waals surface area contributed by atoms with Crippen molar-refractivity contribution in [3.05, 3.63) is 17.5 Å². The molecule has 1 aromatic rings. The first-order valence-corrected chi connectivity index (χ1v) is 8.01. The molecule has 0 saturated carbocycles. The van der Waals surface area contributed by atoms with Crippen molar-refractivity contribution >= 4 is 17.7 Å². The van der Waals surface area contributed by atoms with Crippen LogP contribution in [0.5, 0.6) is 0 Å². The summed E-state index contributed by atoms with van der Waals surface area (Å²) in [7, 11) is 0. The van der Waals surface area contributed by atoms with Gasteiger partial charge in [0.05, 0.1) is 5.75 Å². The zero-order chi connectivity index (χ0) is 14.5. The molecule has 0 bridgehead atoms. The minimum absolute atomic E-state index is 0.0540. The quantitative estimate of drug-likeness (QED) is 0.650. The van der Waals surface area contributed by atoms with Gasteiger partial charge in [-0.2, -0.15) is 0 Å². The first-order chi connectivity index (χ1) is 9.54. The Bertz CT molecular complexity index is 460. The van der Waals surface area contributed by atoms with E-state index in [2.05, 4.69) is 27.5 Å². The maximum absolute atomic E-state index is 12.0. The molecule has 110 valence electrons. The molecule has 2 heterocycles. The summed E-state index contributed by atoms with van der Waals surface area (Å²) in [6.07, 6.45) is 2.16. The first kappa shape index (κ1) is 15.3. The fourth-order valence-corrected chi connectivity index (χ4v) is 3.14. The van der Waals surface area contributed by atoms with E-state index < -0.39 is 0 Å². The van der Waals surface area contributed by atoms with Crippen LogP contribution in [0.2, 0.25) is 0 Å². The molecule has 0 spiro atoms. The second kappa shape index (κ2) is 7.04. The maximum atomic E-state index is 12.0. The zero-order valence-corrected chi connectivity index (χ0v) is 13.1. The van der Waals surface area contributed by atoms with Crippen LogP contribution in [0.4, 0.5) is 0 Å². The Kier molecular flexibility index (Phi) is 5.37. The predicted molar refractivity (Wildman–Crippen MR) is 80.9 cm³/mol. The van der Waals surface area contributed by atoms with E-state index in [0.717, 1.165) is 30.8 Å². The fourth-order valence-electron chi connectivity index (χ4n) is 2.38. The number of rotatable bonds is 4. The van der Waals surface area contributed by atoms with Gasteiger partial charge in [0.15, 0.2) is 5.16 Å². The largest absolute Gasteiger partial charge is 0.351 e. The van der Waals surface area contributed by atoms with Crippen LogP contribution < -0.4 is 10.6 Å². The van der Waals surface area contributed by atoms with Gasteiger partial charge in [-0.05, 0) is 46.2 Å². The molecule has 2 unspecified atom stereocenters. The molecule has 1 fully saturated rings. The van der Waals surface area contributed by atoms with Crippen molar-refractivity contribution in [2.45, 2.75) is 50.9 Å². The summed E-state index contributed by atoms with van der Waals surface area (Å²) in [6.45, 7) is 7.03. The van der Waals surface area contributed by atoms with E-state index in [1.165, 1.54) is 11.8 Å². The van der Waals surface area contributed by atoms with E-state index in [0.29, 0.717) is 17.0 Å². The van der Waals surface area contributed by atoms with E-state index >= 15 is 0 Å². The molecule has 1 aliphatic rings. The van der Waals surface area contributed by atoms with Crippen LogP contribution in [0, 0.1) is 13.8 Å². The van der Waals surface area contributed by atoms with E-state index in [4.69, 9.17) is 0 Å². The molecule has 2 atom stereocenters. The number of hydrogen-bond donors (Lipinski definition) is 2. The average Bonchev–Trinajstić information content (AvgIpc) is 2.38. The molecule has 20 heavy (non-hydrogen) atoms. The lowest BCUT2D eigenvalue weighted by molar-refractivity contribution is -0.119. The van der Waals surface area contributed by atoms with Crippen molar-refractivity contribution < 1.29 is 4.79 Å². The minimum Gasteiger partial charge on any atom is -0.351 e. The van der Waals surface area contributed by atoms with Gasteiger partial charge in [-0.25, -0.2) is 9.97 Å². The Hall–Kier alpha value is -1.14. The van der Waals surface area contributed by atoms with Gasteiger partial charge in [0, 0.05) is 23.5 Å². The number of carbonyl (C=O) groups is 1. The molecular weight excluding hydrogens is 272 g/mol. The summed E-state index contributed by atoms with van der Waals surface area (Å²) in [5.41, 5.74) is 1.87. The molecule has 1 saturated heterocycles. The number of aromatic nitrogens is 2. The van der Waals surface area contributed by atoms with Crippen molar-refractivity contribution in [2.75, 3.05) is 12.3 Å². The Morgan fingerprint density at radius 1 is 1.45 bits per heavy atom. The van der Waals surface area contributed by atoms with Crippen LogP contribution in [-0.2, 0) is 4.79 Å². The van der Waals surface area contributed by atoms with Gasteiger partial charge in [-0.3, -0.25) is 4.79 Å². The summed E-state index contributed by atoms with van der Waals surface area (Å²) in [4.78, 5) is 20.6. The van der Waals surface area contributed by atoms with Crippen molar-refractivity contribution in [3.8, 4) is 0 Å². The molecule has 1 aromatic heterocycles. The van der Waals surface area contributed by atoms with Crippen LogP contribution in [0.1, 0.15) is 31.2 Å². The van der Waals surface area contributed by atoms with Crippen LogP contribution in [0.15, 0.2) is 11.2 Å².